The summed E-state index contributed by atoms with van der Waals surface area (Å²) in [7, 11) is 0. The summed E-state index contributed by atoms with van der Waals surface area (Å²) >= 11 is 0. The van der Waals surface area contributed by atoms with E-state index in [1.807, 2.05) is 6.92 Å². The number of para-hydroxylation sites is 1. The number of nitrogens with one attached hydrogen (secondary N) is 2. The second-order valence-electron chi connectivity index (χ2n) is 3.67. The van der Waals surface area contributed by atoms with Crippen molar-refractivity contribution in [2.75, 3.05) is 12.3 Å². The molecule has 1 amide bonds. The third-order valence-corrected chi connectivity index (χ3v) is 2.38. The van der Waals surface area contributed by atoms with Gasteiger partial charge in [0.1, 0.15) is 0 Å². The Morgan fingerprint density at radius 3 is 3.05 bits per heavy atom. The largest absolute Gasteiger partial charge is 0.491 e. The van der Waals surface area contributed by atoms with Crippen LogP contribution in [0.3, 0.4) is 0 Å². The van der Waals surface area contributed by atoms with Crippen LogP contribution in [0, 0.1) is 0 Å². The van der Waals surface area contributed by atoms with Gasteiger partial charge in [-0.2, -0.15) is 5.21 Å². The van der Waals surface area contributed by atoms with E-state index in [1.54, 1.807) is 18.2 Å². The Bertz CT molecular complexity index is 554. The summed E-state index contributed by atoms with van der Waals surface area (Å²) in [6, 6.07) is 5.02. The molecule has 0 aliphatic carbocycles. The fourth-order valence-corrected chi connectivity index (χ4v) is 1.55. The van der Waals surface area contributed by atoms with Crippen molar-refractivity contribution in [1.29, 1.82) is 0 Å². The molecular formula is C11H14N6O2. The minimum absolute atomic E-state index is 0.176. The molecule has 2 rings (SSSR count). The summed E-state index contributed by atoms with van der Waals surface area (Å²) in [6.07, 6.45) is 0. The number of anilines is 1. The Balaban J connectivity index is 2.12. The highest BCUT2D eigenvalue weighted by molar-refractivity contribution is 5.98. The van der Waals surface area contributed by atoms with Gasteiger partial charge >= 0.3 is 0 Å². The molecular weight excluding hydrogens is 248 g/mol. The fourth-order valence-electron chi connectivity index (χ4n) is 1.55. The molecule has 8 heteroatoms. The number of nitrogens with zero attached hydrogens (tertiary/aromatic N) is 3. The lowest BCUT2D eigenvalue weighted by molar-refractivity contribution is 0.0946. The van der Waals surface area contributed by atoms with E-state index < -0.39 is 0 Å². The first-order valence-corrected chi connectivity index (χ1v) is 5.74. The van der Waals surface area contributed by atoms with Crippen molar-refractivity contribution < 1.29 is 9.53 Å². The summed E-state index contributed by atoms with van der Waals surface area (Å²) < 4.78 is 5.39. The first-order chi connectivity index (χ1) is 9.22. The van der Waals surface area contributed by atoms with Gasteiger partial charge in [-0.25, -0.2) is 0 Å². The number of tetrazole rings is 1. The molecule has 0 aliphatic rings. The van der Waals surface area contributed by atoms with E-state index in [1.165, 1.54) is 0 Å². The molecule has 1 heterocycles. The Kier molecular flexibility index (Phi) is 3.91. The molecule has 1 aromatic heterocycles. The molecule has 19 heavy (non-hydrogen) atoms. The molecule has 1 aromatic carbocycles. The third kappa shape index (κ3) is 2.97. The standard InChI is InChI=1S/C11H14N6O2/c1-2-19-10-7(4-3-5-8(10)12)11(18)13-6-9-14-16-17-15-9/h3-5H,2,6,12H2,1H3,(H,13,18)(H,14,15,16,17). The van der Waals surface area contributed by atoms with Crippen molar-refractivity contribution in [1.82, 2.24) is 25.9 Å². The van der Waals surface area contributed by atoms with Crippen molar-refractivity contribution in [2.45, 2.75) is 13.5 Å². The van der Waals surface area contributed by atoms with Gasteiger partial charge in [0.05, 0.1) is 24.4 Å². The summed E-state index contributed by atoms with van der Waals surface area (Å²) in [5, 5.41) is 15.9. The van der Waals surface area contributed by atoms with Crippen LogP contribution in [0.25, 0.3) is 0 Å². The molecule has 8 nitrogen and oxygen atoms in total. The van der Waals surface area contributed by atoms with Crippen LogP contribution in [0.5, 0.6) is 5.75 Å². The average Bonchev–Trinajstić information content (AvgIpc) is 2.92. The maximum Gasteiger partial charge on any atom is 0.255 e. The minimum atomic E-state index is -0.305. The Morgan fingerprint density at radius 1 is 1.53 bits per heavy atom. The number of carbonyl (C=O) groups is 1. The van der Waals surface area contributed by atoms with Crippen LogP contribution in [0.4, 0.5) is 5.69 Å². The highest BCUT2D eigenvalue weighted by atomic mass is 16.5. The molecule has 0 saturated heterocycles. The highest BCUT2D eigenvalue weighted by Gasteiger charge is 2.15. The van der Waals surface area contributed by atoms with Crippen molar-refractivity contribution >= 4 is 11.6 Å². The van der Waals surface area contributed by atoms with Crippen molar-refractivity contribution in [3.63, 3.8) is 0 Å². The molecule has 0 spiro atoms. The number of hydrogen-bond donors (Lipinski definition) is 3. The zero-order valence-electron chi connectivity index (χ0n) is 10.4. The maximum atomic E-state index is 12.1. The van der Waals surface area contributed by atoms with Gasteiger partial charge in [-0.05, 0) is 19.1 Å². The molecule has 0 aliphatic heterocycles. The van der Waals surface area contributed by atoms with Crippen LogP contribution < -0.4 is 15.8 Å². The number of aromatic nitrogens is 4. The van der Waals surface area contributed by atoms with E-state index in [4.69, 9.17) is 10.5 Å². The van der Waals surface area contributed by atoms with Gasteiger partial charge in [0.15, 0.2) is 11.6 Å². The van der Waals surface area contributed by atoms with E-state index in [-0.39, 0.29) is 12.5 Å². The molecule has 4 N–H and O–H groups in total. The fraction of sp³-hybridized carbons (Fsp3) is 0.273. The normalized spacial score (nSPS) is 10.2. The van der Waals surface area contributed by atoms with Gasteiger partial charge in [0.2, 0.25) is 0 Å². The van der Waals surface area contributed by atoms with Gasteiger partial charge in [-0.1, -0.05) is 11.3 Å². The predicted octanol–water partition coefficient (Wildman–Crippen LogP) is 0.111. The molecule has 0 unspecified atom stereocenters. The van der Waals surface area contributed by atoms with Crippen molar-refractivity contribution in [2.24, 2.45) is 0 Å². The molecule has 0 fully saturated rings. The van der Waals surface area contributed by atoms with Crippen LogP contribution in [-0.2, 0) is 6.54 Å². The molecule has 2 aromatic rings. The SMILES string of the molecule is CCOc1c(N)cccc1C(=O)NCc1nn[nH]n1. The van der Waals surface area contributed by atoms with Gasteiger partial charge in [0, 0.05) is 0 Å². The lowest BCUT2D eigenvalue weighted by Crippen LogP contribution is -2.24. The zero-order chi connectivity index (χ0) is 13.7. The number of H-pyrrole nitrogens is 1. The summed E-state index contributed by atoms with van der Waals surface area (Å²) in [6.45, 7) is 2.43. The number of amides is 1. The molecule has 0 atom stereocenters. The van der Waals surface area contributed by atoms with Gasteiger partial charge < -0.3 is 15.8 Å². The first kappa shape index (κ1) is 12.8. The maximum absolute atomic E-state index is 12.1. The van der Waals surface area contributed by atoms with Crippen molar-refractivity contribution in [3.05, 3.63) is 29.6 Å². The second kappa shape index (κ2) is 5.80. The van der Waals surface area contributed by atoms with Crippen LogP contribution in [0.1, 0.15) is 23.1 Å². The molecule has 0 saturated carbocycles. The zero-order valence-corrected chi connectivity index (χ0v) is 10.4. The predicted molar refractivity (Wildman–Crippen MR) is 67.4 cm³/mol. The number of nitrogens with two attached hydrogens (primary N) is 1. The molecule has 100 valence electrons. The number of benzene rings is 1. The number of hydrogen-bond acceptors (Lipinski definition) is 6. The molecule has 0 bridgehead atoms. The first-order valence-electron chi connectivity index (χ1n) is 5.74. The van der Waals surface area contributed by atoms with E-state index in [2.05, 4.69) is 25.9 Å². The van der Waals surface area contributed by atoms with Gasteiger partial charge in [-0.3, -0.25) is 4.79 Å². The summed E-state index contributed by atoms with van der Waals surface area (Å²) in [4.78, 5) is 12.1. The van der Waals surface area contributed by atoms with Gasteiger partial charge in [-0.15, -0.1) is 10.2 Å². The van der Waals surface area contributed by atoms with Crippen LogP contribution in [0.2, 0.25) is 0 Å². The van der Waals surface area contributed by atoms with E-state index in [0.717, 1.165) is 0 Å². The monoisotopic (exact) mass is 262 g/mol. The highest BCUT2D eigenvalue weighted by Crippen LogP contribution is 2.26. The lowest BCUT2D eigenvalue weighted by Gasteiger charge is -2.12. The summed E-state index contributed by atoms with van der Waals surface area (Å²) in [5.74, 6) is 0.478. The quantitative estimate of drug-likeness (QED) is 0.658. The number of ether oxygens (including phenoxy) is 1. The van der Waals surface area contributed by atoms with Crippen molar-refractivity contribution in [3.8, 4) is 5.75 Å². The Morgan fingerprint density at radius 2 is 2.37 bits per heavy atom. The Labute approximate surface area is 109 Å². The summed E-state index contributed by atoms with van der Waals surface area (Å²) in [5.41, 5.74) is 6.60. The number of rotatable bonds is 5. The number of nitrogen functional groups attached to an aromatic ring is 1. The third-order valence-electron chi connectivity index (χ3n) is 2.38. The van der Waals surface area contributed by atoms with Crippen LogP contribution in [0.15, 0.2) is 18.2 Å². The smallest absolute Gasteiger partial charge is 0.255 e. The van der Waals surface area contributed by atoms with E-state index in [0.29, 0.717) is 29.4 Å². The van der Waals surface area contributed by atoms with E-state index in [9.17, 15) is 4.79 Å². The minimum Gasteiger partial charge on any atom is -0.491 e. The number of aromatic amines is 1. The molecule has 0 radical (unpaired) electrons. The van der Waals surface area contributed by atoms with Gasteiger partial charge in [0.25, 0.3) is 5.91 Å². The van der Waals surface area contributed by atoms with Crippen LogP contribution >= 0.6 is 0 Å². The second-order valence-corrected chi connectivity index (χ2v) is 3.67. The van der Waals surface area contributed by atoms with E-state index >= 15 is 0 Å². The number of carbonyl (C=O) groups excluding carboxylic acids is 1. The lowest BCUT2D eigenvalue weighted by atomic mass is 10.1. The topological polar surface area (TPSA) is 119 Å². The Hall–Kier alpha value is -2.64. The van der Waals surface area contributed by atoms with Crippen LogP contribution in [-0.4, -0.2) is 33.1 Å². The average molecular weight is 262 g/mol.